The van der Waals surface area contributed by atoms with E-state index in [1.54, 1.807) is 12.1 Å². The van der Waals surface area contributed by atoms with Crippen molar-refractivity contribution in [2.24, 2.45) is 0 Å². The number of carbonyl (C=O) groups excluding carboxylic acids is 1. The highest BCUT2D eigenvalue weighted by Crippen LogP contribution is 2.25. The van der Waals surface area contributed by atoms with E-state index in [0.717, 1.165) is 12.0 Å². The number of fused-ring (bicyclic) bond motifs is 1. The van der Waals surface area contributed by atoms with Crippen molar-refractivity contribution in [2.45, 2.75) is 24.7 Å². The lowest BCUT2D eigenvalue weighted by molar-refractivity contribution is 0.101. The third kappa shape index (κ3) is 1.81. The van der Waals surface area contributed by atoms with Gasteiger partial charge in [0.15, 0.2) is 15.6 Å². The zero-order valence-corrected chi connectivity index (χ0v) is 9.30. The van der Waals surface area contributed by atoms with Crippen LogP contribution in [0.5, 0.6) is 0 Å². The minimum atomic E-state index is -3.15. The lowest BCUT2D eigenvalue weighted by Crippen LogP contribution is -2.16. The van der Waals surface area contributed by atoms with Crippen molar-refractivity contribution in [1.82, 2.24) is 0 Å². The van der Waals surface area contributed by atoms with Crippen molar-refractivity contribution < 1.29 is 13.2 Å². The summed E-state index contributed by atoms with van der Waals surface area (Å²) < 4.78 is 23.5. The highest BCUT2D eigenvalue weighted by Gasteiger charge is 2.23. The first kappa shape index (κ1) is 10.4. The Bertz CT molecular complexity index is 515. The number of sulfone groups is 1. The average Bonchev–Trinajstić information content (AvgIpc) is 2.17. The Morgan fingerprint density at radius 3 is 2.73 bits per heavy atom. The molecule has 2 rings (SSSR count). The molecule has 0 saturated heterocycles. The third-order valence-corrected chi connectivity index (χ3v) is 4.54. The minimum Gasteiger partial charge on any atom is -0.295 e. The number of aryl methyl sites for hydroxylation is 1. The highest BCUT2D eigenvalue weighted by atomic mass is 32.2. The van der Waals surface area contributed by atoms with Gasteiger partial charge in [-0.1, -0.05) is 12.1 Å². The molecule has 0 aromatic heterocycles. The summed E-state index contributed by atoms with van der Waals surface area (Å²) in [5.74, 6) is 0.0972. The molecule has 0 radical (unpaired) electrons. The van der Waals surface area contributed by atoms with E-state index in [1.165, 1.54) is 13.0 Å². The van der Waals surface area contributed by atoms with Crippen molar-refractivity contribution in [2.75, 3.05) is 5.75 Å². The van der Waals surface area contributed by atoms with Gasteiger partial charge in [-0.25, -0.2) is 8.42 Å². The number of hydrogen-bond acceptors (Lipinski definition) is 3. The second-order valence-electron chi connectivity index (χ2n) is 3.80. The van der Waals surface area contributed by atoms with Crippen LogP contribution in [-0.2, 0) is 16.3 Å². The number of rotatable bonds is 1. The quantitative estimate of drug-likeness (QED) is 0.681. The molecular formula is C11H12O3S. The molecule has 1 aliphatic rings. The Morgan fingerprint density at radius 2 is 2.07 bits per heavy atom. The lowest BCUT2D eigenvalue weighted by Gasteiger charge is -2.16. The molecule has 4 heteroatoms. The summed E-state index contributed by atoms with van der Waals surface area (Å²) >= 11 is 0. The van der Waals surface area contributed by atoms with Crippen LogP contribution in [0.2, 0.25) is 0 Å². The summed E-state index contributed by atoms with van der Waals surface area (Å²) in [6.45, 7) is 1.44. The molecule has 1 aromatic rings. The Kier molecular flexibility index (Phi) is 2.38. The zero-order chi connectivity index (χ0) is 11.1. The molecule has 1 aromatic carbocycles. The van der Waals surface area contributed by atoms with Gasteiger partial charge in [0.1, 0.15) is 0 Å². The van der Waals surface area contributed by atoms with Crippen LogP contribution in [0.4, 0.5) is 0 Å². The zero-order valence-electron chi connectivity index (χ0n) is 8.49. The van der Waals surface area contributed by atoms with Crippen LogP contribution in [0.1, 0.15) is 29.3 Å². The van der Waals surface area contributed by atoms with Gasteiger partial charge < -0.3 is 0 Å². The average molecular weight is 224 g/mol. The molecule has 0 atom stereocenters. The normalized spacial score (nSPS) is 18.2. The predicted molar refractivity (Wildman–Crippen MR) is 56.8 cm³/mol. The standard InChI is InChI=1S/C11H12O3S/c1-8(12)10-5-4-9-3-2-6-15(13,14)11(9)7-10/h4-5,7H,2-3,6H2,1H3. The minimum absolute atomic E-state index is 0.0985. The van der Waals surface area contributed by atoms with Gasteiger partial charge in [0.2, 0.25) is 0 Å². The van der Waals surface area contributed by atoms with Gasteiger partial charge in [0.25, 0.3) is 0 Å². The van der Waals surface area contributed by atoms with E-state index in [0.29, 0.717) is 16.9 Å². The third-order valence-electron chi connectivity index (χ3n) is 2.67. The van der Waals surface area contributed by atoms with Crippen molar-refractivity contribution in [1.29, 1.82) is 0 Å². The van der Waals surface area contributed by atoms with Crippen molar-refractivity contribution in [3.8, 4) is 0 Å². The van der Waals surface area contributed by atoms with Gasteiger partial charge in [-0.3, -0.25) is 4.79 Å². The van der Waals surface area contributed by atoms with Crippen LogP contribution in [0.3, 0.4) is 0 Å². The topological polar surface area (TPSA) is 51.2 Å². The van der Waals surface area contributed by atoms with E-state index in [9.17, 15) is 13.2 Å². The van der Waals surface area contributed by atoms with Crippen LogP contribution < -0.4 is 0 Å². The number of ketones is 1. The predicted octanol–water partition coefficient (Wildman–Crippen LogP) is 1.61. The van der Waals surface area contributed by atoms with E-state index in [2.05, 4.69) is 0 Å². The maximum absolute atomic E-state index is 11.7. The Balaban J connectivity index is 2.64. The molecule has 0 aliphatic carbocycles. The van der Waals surface area contributed by atoms with Gasteiger partial charge in [-0.15, -0.1) is 0 Å². The van der Waals surface area contributed by atoms with Gasteiger partial charge in [0, 0.05) is 5.56 Å². The Labute approximate surface area is 89.0 Å². The molecule has 0 bridgehead atoms. The van der Waals surface area contributed by atoms with Gasteiger partial charge in [-0.2, -0.15) is 0 Å². The maximum Gasteiger partial charge on any atom is 0.178 e. The van der Waals surface area contributed by atoms with Crippen LogP contribution in [-0.4, -0.2) is 20.0 Å². The SMILES string of the molecule is CC(=O)c1ccc2c(c1)S(=O)(=O)CCC2. The fourth-order valence-electron chi connectivity index (χ4n) is 1.83. The molecule has 0 spiro atoms. The van der Waals surface area contributed by atoms with E-state index >= 15 is 0 Å². The molecular weight excluding hydrogens is 212 g/mol. The summed E-state index contributed by atoms with van der Waals surface area (Å²) in [6, 6.07) is 4.96. The van der Waals surface area contributed by atoms with E-state index in [4.69, 9.17) is 0 Å². The maximum atomic E-state index is 11.7. The first-order valence-corrected chi connectivity index (χ1v) is 6.52. The molecule has 15 heavy (non-hydrogen) atoms. The molecule has 0 N–H and O–H groups in total. The molecule has 0 saturated carbocycles. The van der Waals surface area contributed by atoms with E-state index < -0.39 is 9.84 Å². The molecule has 0 unspecified atom stereocenters. The van der Waals surface area contributed by atoms with Gasteiger partial charge >= 0.3 is 0 Å². The van der Waals surface area contributed by atoms with Gasteiger partial charge in [-0.05, 0) is 31.4 Å². The van der Waals surface area contributed by atoms with Crippen molar-refractivity contribution in [3.05, 3.63) is 29.3 Å². The smallest absolute Gasteiger partial charge is 0.178 e. The monoisotopic (exact) mass is 224 g/mol. The molecule has 3 nitrogen and oxygen atoms in total. The number of carbonyl (C=O) groups is 1. The fourth-order valence-corrected chi connectivity index (χ4v) is 3.45. The summed E-state index contributed by atoms with van der Waals surface area (Å²) in [5.41, 5.74) is 1.31. The molecule has 80 valence electrons. The van der Waals surface area contributed by atoms with Crippen LogP contribution in [0.25, 0.3) is 0 Å². The number of benzene rings is 1. The Morgan fingerprint density at radius 1 is 1.33 bits per heavy atom. The van der Waals surface area contributed by atoms with Crippen LogP contribution in [0, 0.1) is 0 Å². The number of hydrogen-bond donors (Lipinski definition) is 0. The van der Waals surface area contributed by atoms with E-state index in [1.807, 2.05) is 0 Å². The largest absolute Gasteiger partial charge is 0.295 e. The van der Waals surface area contributed by atoms with Crippen LogP contribution in [0.15, 0.2) is 23.1 Å². The van der Waals surface area contributed by atoms with Crippen molar-refractivity contribution in [3.63, 3.8) is 0 Å². The van der Waals surface area contributed by atoms with E-state index in [-0.39, 0.29) is 11.5 Å². The molecule has 0 amide bonds. The van der Waals surface area contributed by atoms with Crippen LogP contribution >= 0.6 is 0 Å². The Hall–Kier alpha value is -1.16. The first-order chi connectivity index (χ1) is 7.00. The number of Topliss-reactive ketones (excluding diaryl/α,β-unsaturated/α-hetero) is 1. The molecule has 0 fully saturated rings. The summed E-state index contributed by atoms with van der Waals surface area (Å²) in [4.78, 5) is 11.5. The second kappa shape index (κ2) is 3.45. The highest BCUT2D eigenvalue weighted by molar-refractivity contribution is 7.91. The fraction of sp³-hybridized carbons (Fsp3) is 0.364. The molecule has 1 aliphatic heterocycles. The summed E-state index contributed by atoms with van der Waals surface area (Å²) in [6.07, 6.45) is 1.46. The molecule has 1 heterocycles. The summed E-state index contributed by atoms with van der Waals surface area (Å²) in [7, 11) is -3.15. The van der Waals surface area contributed by atoms with Crippen molar-refractivity contribution >= 4 is 15.6 Å². The first-order valence-electron chi connectivity index (χ1n) is 4.87. The van der Waals surface area contributed by atoms with Gasteiger partial charge in [0.05, 0.1) is 10.6 Å². The second-order valence-corrected chi connectivity index (χ2v) is 5.88. The lowest BCUT2D eigenvalue weighted by atomic mass is 10.1. The summed E-state index contributed by atoms with van der Waals surface area (Å²) in [5, 5.41) is 0.